The van der Waals surface area contributed by atoms with Crippen molar-refractivity contribution in [3.05, 3.63) is 0 Å². The molecule has 1 amide bonds. The fraction of sp³-hybridized carbons (Fsp3) is 0.909. The number of amides is 1. The largest absolute Gasteiger partial charge is 0.340 e. The van der Waals surface area contributed by atoms with Gasteiger partial charge >= 0.3 is 0 Å². The molecule has 13 heavy (non-hydrogen) atoms. The van der Waals surface area contributed by atoms with Crippen LogP contribution in [0.15, 0.2) is 0 Å². The van der Waals surface area contributed by atoms with Crippen LogP contribution in [0.4, 0.5) is 0 Å². The van der Waals surface area contributed by atoms with Crippen molar-refractivity contribution in [2.75, 3.05) is 6.54 Å². The van der Waals surface area contributed by atoms with Crippen molar-refractivity contribution in [1.29, 1.82) is 0 Å². The predicted molar refractivity (Wildman–Crippen MR) is 54.5 cm³/mol. The van der Waals surface area contributed by atoms with Gasteiger partial charge in [0.2, 0.25) is 5.91 Å². The first-order valence-electron chi connectivity index (χ1n) is 5.47. The summed E-state index contributed by atoms with van der Waals surface area (Å²) in [6.07, 6.45) is 4.61. The number of carbonyl (C=O) groups is 1. The second-order valence-corrected chi connectivity index (χ2v) is 4.19. The summed E-state index contributed by atoms with van der Waals surface area (Å²) in [5.74, 6) is 0.565. The number of piperidine rings is 1. The minimum Gasteiger partial charge on any atom is -0.340 e. The highest BCUT2D eigenvalue weighted by atomic mass is 16.2. The van der Waals surface area contributed by atoms with Crippen LogP contribution in [0.25, 0.3) is 0 Å². The van der Waals surface area contributed by atoms with E-state index in [1.54, 1.807) is 0 Å². The van der Waals surface area contributed by atoms with Crippen LogP contribution < -0.4 is 0 Å². The molecule has 0 aromatic heterocycles. The number of likely N-dealkylation sites (tertiary alicyclic amines) is 1. The van der Waals surface area contributed by atoms with Crippen molar-refractivity contribution in [2.45, 2.75) is 52.5 Å². The van der Waals surface area contributed by atoms with Gasteiger partial charge in [-0.15, -0.1) is 0 Å². The van der Waals surface area contributed by atoms with Crippen LogP contribution in [-0.4, -0.2) is 23.4 Å². The zero-order valence-electron chi connectivity index (χ0n) is 9.05. The summed E-state index contributed by atoms with van der Waals surface area (Å²) in [5.41, 5.74) is 0. The summed E-state index contributed by atoms with van der Waals surface area (Å²) >= 11 is 0. The molecule has 0 spiro atoms. The first-order chi connectivity index (χ1) is 6.16. The van der Waals surface area contributed by atoms with E-state index in [2.05, 4.69) is 18.7 Å². The summed E-state index contributed by atoms with van der Waals surface area (Å²) < 4.78 is 0. The average molecular weight is 183 g/mol. The molecule has 1 aliphatic heterocycles. The van der Waals surface area contributed by atoms with Crippen molar-refractivity contribution in [3.8, 4) is 0 Å². The Balaban J connectivity index is 2.53. The Morgan fingerprint density at radius 1 is 1.54 bits per heavy atom. The Hall–Kier alpha value is -0.530. The molecule has 0 aromatic rings. The summed E-state index contributed by atoms with van der Waals surface area (Å²) in [5, 5.41) is 0. The molecule has 0 bridgehead atoms. The summed E-state index contributed by atoms with van der Waals surface area (Å²) in [6.45, 7) is 7.25. The quantitative estimate of drug-likeness (QED) is 0.644. The molecule has 0 radical (unpaired) electrons. The van der Waals surface area contributed by atoms with Gasteiger partial charge in [-0.3, -0.25) is 4.79 Å². The third-order valence-corrected chi connectivity index (χ3v) is 3.12. The van der Waals surface area contributed by atoms with Crippen molar-refractivity contribution in [1.82, 2.24) is 4.90 Å². The van der Waals surface area contributed by atoms with E-state index in [1.165, 1.54) is 19.3 Å². The molecule has 1 heterocycles. The zero-order chi connectivity index (χ0) is 9.84. The molecule has 76 valence electrons. The summed E-state index contributed by atoms with van der Waals surface area (Å²) in [7, 11) is 0. The second-order valence-electron chi connectivity index (χ2n) is 4.19. The standard InChI is InChI=1S/C11H21NO/c1-4-9(2)11(13)12-8-6-5-7-10(12)3/h9-10H,4-8H2,1-3H3. The Kier molecular flexibility index (Phi) is 3.76. The number of carbonyl (C=O) groups excluding carboxylic acids is 1. The summed E-state index contributed by atoms with van der Waals surface area (Å²) in [6, 6.07) is 0.468. The highest BCUT2D eigenvalue weighted by Gasteiger charge is 2.25. The van der Waals surface area contributed by atoms with Gasteiger partial charge in [0, 0.05) is 18.5 Å². The Morgan fingerprint density at radius 3 is 2.77 bits per heavy atom. The molecule has 2 atom stereocenters. The van der Waals surface area contributed by atoms with Crippen LogP contribution >= 0.6 is 0 Å². The van der Waals surface area contributed by atoms with Crippen molar-refractivity contribution in [3.63, 3.8) is 0 Å². The van der Waals surface area contributed by atoms with Crippen molar-refractivity contribution < 1.29 is 4.79 Å². The van der Waals surface area contributed by atoms with E-state index < -0.39 is 0 Å². The van der Waals surface area contributed by atoms with Gasteiger partial charge in [-0.05, 0) is 32.6 Å². The van der Waals surface area contributed by atoms with Crippen LogP contribution in [0.5, 0.6) is 0 Å². The maximum Gasteiger partial charge on any atom is 0.225 e. The molecule has 1 fully saturated rings. The van der Waals surface area contributed by atoms with Gasteiger partial charge in [-0.1, -0.05) is 13.8 Å². The highest BCUT2D eigenvalue weighted by molar-refractivity contribution is 5.78. The molecule has 2 nitrogen and oxygen atoms in total. The number of hydrogen-bond donors (Lipinski definition) is 0. The summed E-state index contributed by atoms with van der Waals surface area (Å²) in [4.78, 5) is 13.9. The minimum atomic E-state index is 0.209. The molecular weight excluding hydrogens is 162 g/mol. The Bertz CT molecular complexity index is 179. The van der Waals surface area contributed by atoms with E-state index in [0.29, 0.717) is 11.9 Å². The Labute approximate surface area is 81.3 Å². The van der Waals surface area contributed by atoms with E-state index >= 15 is 0 Å². The van der Waals surface area contributed by atoms with Crippen molar-refractivity contribution in [2.24, 2.45) is 5.92 Å². The lowest BCUT2D eigenvalue weighted by molar-refractivity contribution is -0.138. The second kappa shape index (κ2) is 4.64. The molecular formula is C11H21NO. The molecule has 1 saturated heterocycles. The average Bonchev–Trinajstić information content (AvgIpc) is 2.16. The molecule has 1 rings (SSSR count). The third kappa shape index (κ3) is 2.45. The van der Waals surface area contributed by atoms with Crippen LogP contribution in [0.2, 0.25) is 0 Å². The van der Waals surface area contributed by atoms with E-state index in [1.807, 2.05) is 6.92 Å². The van der Waals surface area contributed by atoms with E-state index in [4.69, 9.17) is 0 Å². The molecule has 0 saturated carbocycles. The van der Waals surface area contributed by atoms with Crippen LogP contribution in [0, 0.1) is 5.92 Å². The monoisotopic (exact) mass is 183 g/mol. The van der Waals surface area contributed by atoms with Gasteiger partial charge in [0.1, 0.15) is 0 Å². The maximum absolute atomic E-state index is 11.9. The van der Waals surface area contributed by atoms with Gasteiger partial charge in [-0.25, -0.2) is 0 Å². The number of rotatable bonds is 2. The minimum absolute atomic E-state index is 0.209. The normalized spacial score (nSPS) is 25.8. The smallest absolute Gasteiger partial charge is 0.225 e. The van der Waals surface area contributed by atoms with Crippen LogP contribution in [-0.2, 0) is 4.79 Å². The van der Waals surface area contributed by atoms with Gasteiger partial charge in [0.25, 0.3) is 0 Å². The lowest BCUT2D eigenvalue weighted by Crippen LogP contribution is -2.44. The van der Waals surface area contributed by atoms with Crippen LogP contribution in [0.1, 0.15) is 46.5 Å². The van der Waals surface area contributed by atoms with E-state index in [9.17, 15) is 4.79 Å². The molecule has 1 aliphatic rings. The molecule has 2 heteroatoms. The SMILES string of the molecule is CCC(C)C(=O)N1CCCCC1C. The number of nitrogens with zero attached hydrogens (tertiary/aromatic N) is 1. The zero-order valence-corrected chi connectivity index (χ0v) is 9.05. The fourth-order valence-electron chi connectivity index (χ4n) is 1.88. The number of hydrogen-bond acceptors (Lipinski definition) is 1. The fourth-order valence-corrected chi connectivity index (χ4v) is 1.88. The third-order valence-electron chi connectivity index (χ3n) is 3.12. The van der Waals surface area contributed by atoms with E-state index in [0.717, 1.165) is 13.0 Å². The molecule has 2 unspecified atom stereocenters. The Morgan fingerprint density at radius 2 is 2.23 bits per heavy atom. The van der Waals surface area contributed by atoms with Gasteiger partial charge in [0.15, 0.2) is 0 Å². The predicted octanol–water partition coefficient (Wildman–Crippen LogP) is 2.43. The molecule has 0 aromatic carbocycles. The lowest BCUT2D eigenvalue weighted by atomic mass is 10.00. The first kappa shape index (κ1) is 10.6. The topological polar surface area (TPSA) is 20.3 Å². The van der Waals surface area contributed by atoms with Gasteiger partial charge in [-0.2, -0.15) is 0 Å². The van der Waals surface area contributed by atoms with Crippen molar-refractivity contribution >= 4 is 5.91 Å². The molecule has 0 N–H and O–H groups in total. The van der Waals surface area contributed by atoms with Gasteiger partial charge in [0.05, 0.1) is 0 Å². The van der Waals surface area contributed by atoms with Gasteiger partial charge < -0.3 is 4.90 Å². The first-order valence-corrected chi connectivity index (χ1v) is 5.47. The molecule has 0 aliphatic carbocycles. The van der Waals surface area contributed by atoms with Crippen LogP contribution in [0.3, 0.4) is 0 Å². The lowest BCUT2D eigenvalue weighted by Gasteiger charge is -2.35. The maximum atomic E-state index is 11.9. The van der Waals surface area contributed by atoms with E-state index in [-0.39, 0.29) is 5.92 Å². The highest BCUT2D eigenvalue weighted by Crippen LogP contribution is 2.19.